The standard InChI is InChI=1S/C20H30N2O3S/c1-3-5-17-12-16(13-26-17)19(24)22-9-4-7-20(15-22)8-6-18(23)21(14-20)10-11-25-2/h12-13H,3-11,14-15H2,1-2H3. The van der Waals surface area contributed by atoms with Crippen molar-refractivity contribution in [2.75, 3.05) is 39.9 Å². The zero-order valence-corrected chi connectivity index (χ0v) is 16.8. The number of methoxy groups -OCH3 is 1. The van der Waals surface area contributed by atoms with Gasteiger partial charge in [0.15, 0.2) is 0 Å². The number of carbonyl (C=O) groups is 2. The number of nitrogens with zero attached hydrogens (tertiary/aromatic N) is 2. The Bertz CT molecular complexity index is 645. The molecule has 2 aliphatic heterocycles. The van der Waals surface area contributed by atoms with Gasteiger partial charge < -0.3 is 14.5 Å². The number of likely N-dealkylation sites (tertiary alicyclic amines) is 2. The van der Waals surface area contributed by atoms with Gasteiger partial charge in [0.25, 0.3) is 5.91 Å². The van der Waals surface area contributed by atoms with Crippen molar-refractivity contribution in [3.05, 3.63) is 21.9 Å². The first-order valence-electron chi connectivity index (χ1n) is 9.70. The van der Waals surface area contributed by atoms with Gasteiger partial charge in [-0.1, -0.05) is 13.3 Å². The number of amides is 2. The van der Waals surface area contributed by atoms with Crippen LogP contribution in [0.4, 0.5) is 0 Å². The summed E-state index contributed by atoms with van der Waals surface area (Å²) in [5.74, 6) is 0.376. The lowest BCUT2D eigenvalue weighted by molar-refractivity contribution is -0.139. The third kappa shape index (κ3) is 4.29. The first-order chi connectivity index (χ1) is 12.6. The summed E-state index contributed by atoms with van der Waals surface area (Å²) < 4.78 is 5.15. The lowest BCUT2D eigenvalue weighted by Crippen LogP contribution is -2.55. The van der Waals surface area contributed by atoms with Gasteiger partial charge in [-0.05, 0) is 31.7 Å². The van der Waals surface area contributed by atoms with E-state index in [0.29, 0.717) is 19.6 Å². The molecule has 0 aliphatic carbocycles. The molecule has 5 nitrogen and oxygen atoms in total. The Morgan fingerprint density at radius 1 is 1.35 bits per heavy atom. The molecule has 1 aromatic rings. The van der Waals surface area contributed by atoms with E-state index in [9.17, 15) is 9.59 Å². The maximum absolute atomic E-state index is 13.0. The van der Waals surface area contributed by atoms with Crippen LogP contribution in [0.1, 0.15) is 54.3 Å². The predicted octanol–water partition coefficient (Wildman–Crippen LogP) is 3.19. The number of ether oxygens (including phenoxy) is 1. The minimum absolute atomic E-state index is 0.0534. The van der Waals surface area contributed by atoms with Gasteiger partial charge in [-0.2, -0.15) is 0 Å². The summed E-state index contributed by atoms with van der Waals surface area (Å²) >= 11 is 1.69. The van der Waals surface area contributed by atoms with Crippen LogP contribution in [0.2, 0.25) is 0 Å². The van der Waals surface area contributed by atoms with Crippen molar-refractivity contribution >= 4 is 23.2 Å². The molecule has 0 radical (unpaired) electrons. The first-order valence-corrected chi connectivity index (χ1v) is 10.6. The Morgan fingerprint density at radius 3 is 2.96 bits per heavy atom. The quantitative estimate of drug-likeness (QED) is 0.764. The van der Waals surface area contributed by atoms with Crippen LogP contribution in [0.15, 0.2) is 11.4 Å². The van der Waals surface area contributed by atoms with E-state index >= 15 is 0 Å². The molecule has 1 unspecified atom stereocenters. The van der Waals surface area contributed by atoms with Crippen molar-refractivity contribution in [1.29, 1.82) is 0 Å². The molecule has 2 amide bonds. The monoisotopic (exact) mass is 378 g/mol. The van der Waals surface area contributed by atoms with Gasteiger partial charge in [-0.25, -0.2) is 0 Å². The fourth-order valence-electron chi connectivity index (χ4n) is 4.27. The summed E-state index contributed by atoms with van der Waals surface area (Å²) in [5.41, 5.74) is 0.885. The molecule has 1 aromatic heterocycles. The highest BCUT2D eigenvalue weighted by Crippen LogP contribution is 2.39. The second kappa shape index (κ2) is 8.53. The molecular formula is C20H30N2O3S. The largest absolute Gasteiger partial charge is 0.383 e. The highest BCUT2D eigenvalue weighted by atomic mass is 32.1. The molecule has 2 aliphatic rings. The summed E-state index contributed by atoms with van der Waals surface area (Å²) in [7, 11) is 1.67. The molecule has 26 heavy (non-hydrogen) atoms. The zero-order chi connectivity index (χ0) is 18.6. The van der Waals surface area contributed by atoms with E-state index in [1.54, 1.807) is 18.4 Å². The topological polar surface area (TPSA) is 49.9 Å². The molecule has 0 aromatic carbocycles. The van der Waals surface area contributed by atoms with E-state index in [2.05, 4.69) is 13.0 Å². The average molecular weight is 379 g/mol. The summed E-state index contributed by atoms with van der Waals surface area (Å²) in [6.07, 6.45) is 5.74. The van der Waals surface area contributed by atoms with Crippen LogP contribution in [0.25, 0.3) is 0 Å². The van der Waals surface area contributed by atoms with Crippen LogP contribution >= 0.6 is 11.3 Å². The first kappa shape index (κ1) is 19.4. The molecule has 0 bridgehead atoms. The van der Waals surface area contributed by atoms with E-state index in [-0.39, 0.29) is 17.2 Å². The van der Waals surface area contributed by atoms with Gasteiger partial charge in [0.05, 0.1) is 12.2 Å². The third-order valence-electron chi connectivity index (χ3n) is 5.66. The lowest BCUT2D eigenvalue weighted by Gasteiger charge is -2.48. The third-order valence-corrected chi connectivity index (χ3v) is 6.66. The summed E-state index contributed by atoms with van der Waals surface area (Å²) in [6, 6.07) is 2.06. The second-order valence-corrected chi connectivity index (χ2v) is 8.69. The molecule has 2 saturated heterocycles. The number of aryl methyl sites for hydroxylation is 1. The highest BCUT2D eigenvalue weighted by Gasteiger charge is 2.42. The van der Waals surface area contributed by atoms with Crippen molar-refractivity contribution < 1.29 is 14.3 Å². The molecule has 0 saturated carbocycles. The Hall–Kier alpha value is -1.40. The van der Waals surface area contributed by atoms with Crippen LogP contribution in [0.5, 0.6) is 0 Å². The number of rotatable bonds is 6. The van der Waals surface area contributed by atoms with Crippen LogP contribution < -0.4 is 0 Å². The molecule has 6 heteroatoms. The van der Waals surface area contributed by atoms with Crippen molar-refractivity contribution in [1.82, 2.24) is 9.80 Å². The maximum atomic E-state index is 13.0. The summed E-state index contributed by atoms with van der Waals surface area (Å²) in [5, 5.41) is 2.00. The molecule has 2 fully saturated rings. The van der Waals surface area contributed by atoms with Crippen LogP contribution in [0.3, 0.4) is 0 Å². The summed E-state index contributed by atoms with van der Waals surface area (Å²) in [6.45, 7) is 5.72. The lowest BCUT2D eigenvalue weighted by atomic mass is 9.73. The van der Waals surface area contributed by atoms with Gasteiger partial charge in [0, 0.05) is 55.4 Å². The summed E-state index contributed by atoms with van der Waals surface area (Å²) in [4.78, 5) is 30.5. The van der Waals surface area contributed by atoms with Crippen LogP contribution in [-0.4, -0.2) is 61.5 Å². The van der Waals surface area contributed by atoms with Crippen molar-refractivity contribution in [2.45, 2.75) is 45.4 Å². The Labute approximate surface area is 160 Å². The van der Waals surface area contributed by atoms with E-state index < -0.39 is 0 Å². The van der Waals surface area contributed by atoms with Crippen molar-refractivity contribution in [2.24, 2.45) is 5.41 Å². The van der Waals surface area contributed by atoms with Crippen molar-refractivity contribution in [3.8, 4) is 0 Å². The van der Waals surface area contributed by atoms with E-state index in [4.69, 9.17) is 4.74 Å². The molecule has 3 heterocycles. The molecule has 1 atom stereocenters. The number of carbonyl (C=O) groups excluding carboxylic acids is 2. The number of thiophene rings is 1. The van der Waals surface area contributed by atoms with Gasteiger partial charge in [-0.3, -0.25) is 9.59 Å². The zero-order valence-electron chi connectivity index (χ0n) is 16.0. The average Bonchev–Trinajstić information content (AvgIpc) is 3.11. The van der Waals surface area contributed by atoms with Gasteiger partial charge >= 0.3 is 0 Å². The predicted molar refractivity (Wildman–Crippen MR) is 104 cm³/mol. The minimum Gasteiger partial charge on any atom is -0.383 e. The molecule has 1 spiro atoms. The maximum Gasteiger partial charge on any atom is 0.254 e. The van der Waals surface area contributed by atoms with E-state index in [0.717, 1.165) is 57.3 Å². The minimum atomic E-state index is 0.0534. The van der Waals surface area contributed by atoms with E-state index in [1.165, 1.54) is 4.88 Å². The van der Waals surface area contributed by atoms with Crippen LogP contribution in [-0.2, 0) is 16.0 Å². The van der Waals surface area contributed by atoms with Crippen LogP contribution in [0, 0.1) is 5.41 Å². The number of piperidine rings is 2. The second-order valence-electron chi connectivity index (χ2n) is 7.69. The SMILES string of the molecule is CCCc1cc(C(=O)N2CCCC3(CCC(=O)N(CCOC)C3)C2)cs1. The Morgan fingerprint density at radius 2 is 2.19 bits per heavy atom. The van der Waals surface area contributed by atoms with Gasteiger partial charge in [0.2, 0.25) is 5.91 Å². The smallest absolute Gasteiger partial charge is 0.254 e. The molecule has 3 rings (SSSR count). The Balaban J connectivity index is 1.67. The van der Waals surface area contributed by atoms with Crippen molar-refractivity contribution in [3.63, 3.8) is 0 Å². The van der Waals surface area contributed by atoms with E-state index in [1.807, 2.05) is 15.2 Å². The van der Waals surface area contributed by atoms with Gasteiger partial charge in [-0.15, -0.1) is 11.3 Å². The fraction of sp³-hybridized carbons (Fsp3) is 0.700. The fourth-order valence-corrected chi connectivity index (χ4v) is 5.24. The highest BCUT2D eigenvalue weighted by molar-refractivity contribution is 7.10. The number of hydrogen-bond acceptors (Lipinski definition) is 4. The Kier molecular flexibility index (Phi) is 6.35. The normalized spacial score (nSPS) is 23.7. The van der Waals surface area contributed by atoms with Gasteiger partial charge in [0.1, 0.15) is 0 Å². The molecule has 144 valence electrons. The molecule has 0 N–H and O–H groups in total. The molecular weight excluding hydrogens is 348 g/mol. The number of hydrogen-bond donors (Lipinski definition) is 0.